The molecule has 1 aromatic heterocycles. The maximum atomic E-state index is 12.1. The molecule has 0 aliphatic heterocycles. The van der Waals surface area contributed by atoms with Gasteiger partial charge in [-0.1, -0.05) is 0 Å². The Balaban J connectivity index is 2.08. The number of nitrogens with zero attached hydrogens (tertiary/aromatic N) is 4. The van der Waals surface area contributed by atoms with Gasteiger partial charge in [-0.05, 0) is 35.9 Å². The van der Waals surface area contributed by atoms with Crippen LogP contribution in [0.1, 0.15) is 11.4 Å². The minimum atomic E-state index is -4.39. The number of tetrazole rings is 1. The number of ether oxygens (including phenoxy) is 1. The molecule has 2 N–H and O–H groups in total. The monoisotopic (exact) mass is 324 g/mol. The summed E-state index contributed by atoms with van der Waals surface area (Å²) >= 11 is 0. The van der Waals surface area contributed by atoms with E-state index >= 15 is 0 Å². The van der Waals surface area contributed by atoms with Gasteiger partial charge in [-0.25, -0.2) is 0 Å². The van der Waals surface area contributed by atoms with Gasteiger partial charge in [0.05, 0.1) is 0 Å². The highest BCUT2D eigenvalue weighted by molar-refractivity contribution is 5.74. The zero-order valence-electron chi connectivity index (χ0n) is 11.8. The Morgan fingerprint density at radius 1 is 1.48 bits per heavy atom. The van der Waals surface area contributed by atoms with E-state index in [2.05, 4.69) is 30.7 Å². The Morgan fingerprint density at radius 2 is 2.26 bits per heavy atom. The Kier molecular flexibility index (Phi) is 4.80. The van der Waals surface area contributed by atoms with Gasteiger partial charge >= 0.3 is 6.18 Å². The van der Waals surface area contributed by atoms with Gasteiger partial charge in [0.25, 0.3) is 0 Å². The van der Waals surface area contributed by atoms with E-state index in [0.29, 0.717) is 11.3 Å². The van der Waals surface area contributed by atoms with Crippen LogP contribution in [-0.4, -0.2) is 33.4 Å². The van der Waals surface area contributed by atoms with Crippen molar-refractivity contribution in [1.29, 1.82) is 5.26 Å². The number of rotatable bonds is 5. The third-order valence-electron chi connectivity index (χ3n) is 2.68. The maximum Gasteiger partial charge on any atom is 0.422 e. The van der Waals surface area contributed by atoms with Crippen molar-refractivity contribution in [2.24, 2.45) is 0 Å². The van der Waals surface area contributed by atoms with Gasteiger partial charge < -0.3 is 10.1 Å². The lowest BCUT2D eigenvalue weighted by molar-refractivity contribution is -0.153. The van der Waals surface area contributed by atoms with E-state index in [1.165, 1.54) is 18.3 Å². The minimum Gasteiger partial charge on any atom is -0.484 e. The lowest BCUT2D eigenvalue weighted by Gasteiger charge is -2.11. The van der Waals surface area contributed by atoms with Crippen molar-refractivity contribution in [2.75, 3.05) is 11.9 Å². The summed E-state index contributed by atoms with van der Waals surface area (Å²) in [6, 6.07) is 6.31. The van der Waals surface area contributed by atoms with Gasteiger partial charge in [0.15, 0.2) is 6.61 Å². The Labute approximate surface area is 128 Å². The van der Waals surface area contributed by atoms with Crippen LogP contribution >= 0.6 is 0 Å². The van der Waals surface area contributed by atoms with Crippen molar-refractivity contribution >= 4 is 11.3 Å². The third-order valence-corrected chi connectivity index (χ3v) is 2.68. The molecule has 0 atom stereocenters. The molecule has 0 amide bonds. The van der Waals surface area contributed by atoms with Gasteiger partial charge in [-0.3, -0.25) is 0 Å². The van der Waals surface area contributed by atoms with E-state index in [1.807, 2.05) is 6.07 Å². The lowest BCUT2D eigenvalue weighted by Crippen LogP contribution is -2.19. The number of H-pyrrole nitrogens is 1. The van der Waals surface area contributed by atoms with Gasteiger partial charge in [0.1, 0.15) is 17.4 Å². The van der Waals surface area contributed by atoms with Gasteiger partial charge in [-0.15, -0.1) is 10.2 Å². The molecular formula is C13H11F3N6O. The first-order chi connectivity index (χ1) is 10.9. The molecule has 2 rings (SSSR count). The summed E-state index contributed by atoms with van der Waals surface area (Å²) in [5.41, 5.74) is 1.39. The van der Waals surface area contributed by atoms with Gasteiger partial charge in [0.2, 0.25) is 5.82 Å². The zero-order valence-corrected chi connectivity index (χ0v) is 11.8. The molecule has 23 heavy (non-hydrogen) atoms. The van der Waals surface area contributed by atoms with Crippen LogP contribution in [0.2, 0.25) is 0 Å². The van der Waals surface area contributed by atoms with E-state index in [4.69, 9.17) is 5.26 Å². The number of benzene rings is 1. The minimum absolute atomic E-state index is 0.105. The predicted molar refractivity (Wildman–Crippen MR) is 74.1 cm³/mol. The second-order valence-electron chi connectivity index (χ2n) is 4.43. The molecule has 10 heteroatoms. The molecular weight excluding hydrogens is 313 g/mol. The SMILES string of the molecule is Cc1cc(OCC(F)(F)F)ccc1NC=C(C#N)c1nn[nH]n1. The number of alkyl halides is 3. The molecule has 0 radical (unpaired) electrons. The summed E-state index contributed by atoms with van der Waals surface area (Å²) in [5, 5.41) is 24.8. The van der Waals surface area contributed by atoms with Crippen molar-refractivity contribution in [2.45, 2.75) is 13.1 Å². The summed E-state index contributed by atoms with van der Waals surface area (Å²) in [6.07, 6.45) is -3.01. The van der Waals surface area contributed by atoms with E-state index in [0.717, 1.165) is 0 Å². The second-order valence-corrected chi connectivity index (χ2v) is 4.43. The fraction of sp³-hybridized carbons (Fsp3) is 0.231. The van der Waals surface area contributed by atoms with E-state index in [1.54, 1.807) is 13.0 Å². The number of hydrogen-bond acceptors (Lipinski definition) is 6. The first kappa shape index (κ1) is 16.3. The highest BCUT2D eigenvalue weighted by Gasteiger charge is 2.28. The van der Waals surface area contributed by atoms with Crippen LogP contribution in [0.15, 0.2) is 24.4 Å². The van der Waals surface area contributed by atoms with Crippen molar-refractivity contribution in [3.8, 4) is 11.8 Å². The third kappa shape index (κ3) is 4.70. The van der Waals surface area contributed by atoms with Crippen molar-refractivity contribution in [1.82, 2.24) is 20.6 Å². The Bertz CT molecular complexity index is 733. The van der Waals surface area contributed by atoms with Gasteiger partial charge in [0, 0.05) is 11.9 Å². The van der Waals surface area contributed by atoms with E-state index in [9.17, 15) is 13.2 Å². The average molecular weight is 324 g/mol. The quantitative estimate of drug-likeness (QED) is 0.819. The second kappa shape index (κ2) is 6.78. The molecule has 1 heterocycles. The summed E-state index contributed by atoms with van der Waals surface area (Å²) in [5.74, 6) is 0.232. The number of aromatic nitrogens is 4. The normalized spacial score (nSPS) is 11.9. The number of halogens is 3. The van der Waals surface area contributed by atoms with Crippen LogP contribution in [0.5, 0.6) is 5.75 Å². The fourth-order valence-corrected chi connectivity index (χ4v) is 1.63. The summed E-state index contributed by atoms with van der Waals surface area (Å²) in [4.78, 5) is 0. The predicted octanol–water partition coefficient (Wildman–Crippen LogP) is 2.43. The maximum absolute atomic E-state index is 12.1. The molecule has 0 fully saturated rings. The fourth-order valence-electron chi connectivity index (χ4n) is 1.63. The van der Waals surface area contributed by atoms with Crippen molar-refractivity contribution in [3.05, 3.63) is 35.8 Å². The highest BCUT2D eigenvalue weighted by atomic mass is 19.4. The smallest absolute Gasteiger partial charge is 0.422 e. The largest absolute Gasteiger partial charge is 0.484 e. The van der Waals surface area contributed by atoms with Crippen LogP contribution in [0.25, 0.3) is 5.57 Å². The molecule has 0 spiro atoms. The molecule has 7 nitrogen and oxygen atoms in total. The average Bonchev–Trinajstić information content (AvgIpc) is 3.01. The van der Waals surface area contributed by atoms with Gasteiger partial charge in [-0.2, -0.15) is 23.6 Å². The van der Waals surface area contributed by atoms with Crippen LogP contribution in [0, 0.1) is 18.3 Å². The molecule has 2 aromatic rings. The number of allylic oxidation sites excluding steroid dienone is 1. The summed E-state index contributed by atoms with van der Waals surface area (Å²) < 4.78 is 41.0. The van der Waals surface area contributed by atoms with Crippen LogP contribution in [0.3, 0.4) is 0 Å². The van der Waals surface area contributed by atoms with E-state index in [-0.39, 0.29) is 17.1 Å². The Morgan fingerprint density at radius 3 is 2.83 bits per heavy atom. The molecule has 0 unspecified atom stereocenters. The Hall–Kier alpha value is -3.09. The topological polar surface area (TPSA) is 99.5 Å². The zero-order chi connectivity index (χ0) is 16.9. The number of anilines is 1. The number of hydrogen-bond donors (Lipinski definition) is 2. The number of nitrogens with one attached hydrogen (secondary N) is 2. The molecule has 0 saturated carbocycles. The van der Waals surface area contributed by atoms with Crippen LogP contribution in [0.4, 0.5) is 18.9 Å². The van der Waals surface area contributed by atoms with Crippen molar-refractivity contribution < 1.29 is 17.9 Å². The van der Waals surface area contributed by atoms with Crippen LogP contribution < -0.4 is 10.1 Å². The molecule has 0 saturated heterocycles. The number of aromatic amines is 1. The molecule has 120 valence electrons. The lowest BCUT2D eigenvalue weighted by atomic mass is 10.2. The standard InChI is InChI=1S/C13H11F3N6O/c1-8-4-10(23-7-13(14,15)16)2-3-11(8)18-6-9(5-17)12-19-21-22-20-12/h2-4,6,18H,7H2,1H3,(H,19,20,21,22). The summed E-state index contributed by atoms with van der Waals surface area (Å²) in [6.45, 7) is 0.340. The molecule has 0 aliphatic carbocycles. The molecule has 1 aromatic carbocycles. The number of nitriles is 1. The van der Waals surface area contributed by atoms with E-state index < -0.39 is 12.8 Å². The summed E-state index contributed by atoms with van der Waals surface area (Å²) in [7, 11) is 0. The molecule has 0 aliphatic rings. The molecule has 0 bridgehead atoms. The number of aryl methyl sites for hydroxylation is 1. The first-order valence-electron chi connectivity index (χ1n) is 6.30. The highest BCUT2D eigenvalue weighted by Crippen LogP contribution is 2.24. The van der Waals surface area contributed by atoms with Crippen LogP contribution in [-0.2, 0) is 0 Å². The van der Waals surface area contributed by atoms with Crippen molar-refractivity contribution in [3.63, 3.8) is 0 Å². The first-order valence-corrected chi connectivity index (χ1v) is 6.30.